The molecule has 7 heteroatoms. The maximum absolute atomic E-state index is 11.8. The first-order valence-corrected chi connectivity index (χ1v) is 5.66. The number of anilines is 1. The van der Waals surface area contributed by atoms with E-state index in [1.54, 1.807) is 19.9 Å². The average molecular weight is 268 g/mol. The molecule has 0 fully saturated rings. The van der Waals surface area contributed by atoms with Crippen molar-refractivity contribution in [2.45, 2.75) is 13.8 Å². The predicted octanol–water partition coefficient (Wildman–Crippen LogP) is 1.25. The van der Waals surface area contributed by atoms with E-state index in [1.807, 2.05) is 5.48 Å². The normalized spacial score (nSPS) is 10.0. The molecule has 0 spiro atoms. The van der Waals surface area contributed by atoms with Crippen LogP contribution in [0.5, 0.6) is 5.75 Å². The maximum atomic E-state index is 11.8. The number of carbonyl (C=O) groups excluding carboxylic acids is 1. The van der Waals surface area contributed by atoms with Gasteiger partial charge in [-0.3, -0.25) is 9.74 Å². The fourth-order valence-corrected chi connectivity index (χ4v) is 1.53. The third-order valence-electron chi connectivity index (χ3n) is 2.40. The molecule has 0 radical (unpaired) electrons. The van der Waals surface area contributed by atoms with Crippen LogP contribution in [-0.2, 0) is 9.63 Å². The van der Waals surface area contributed by atoms with E-state index < -0.39 is 18.6 Å². The molecular weight excluding hydrogens is 252 g/mol. The largest absolute Gasteiger partial charge is 0.508 e. The first-order valence-electron chi connectivity index (χ1n) is 5.66. The number of amides is 2. The van der Waals surface area contributed by atoms with Crippen LogP contribution in [0.2, 0.25) is 0 Å². The molecule has 3 N–H and O–H groups in total. The van der Waals surface area contributed by atoms with Crippen molar-refractivity contribution in [1.82, 2.24) is 5.48 Å². The van der Waals surface area contributed by atoms with Crippen LogP contribution in [0.15, 0.2) is 18.2 Å². The third kappa shape index (κ3) is 4.14. The number of urea groups is 1. The monoisotopic (exact) mass is 268 g/mol. The molecule has 2 amide bonds. The molecule has 1 aromatic carbocycles. The number of hydrogen-bond acceptors (Lipinski definition) is 4. The Labute approximate surface area is 110 Å². The lowest BCUT2D eigenvalue weighted by Gasteiger charge is -2.22. The lowest BCUT2D eigenvalue weighted by atomic mass is 10.1. The predicted molar refractivity (Wildman–Crippen MR) is 68.0 cm³/mol. The third-order valence-corrected chi connectivity index (χ3v) is 2.40. The van der Waals surface area contributed by atoms with E-state index in [1.165, 1.54) is 17.0 Å². The first-order chi connectivity index (χ1) is 8.95. The van der Waals surface area contributed by atoms with Gasteiger partial charge >= 0.3 is 12.0 Å². The molecule has 19 heavy (non-hydrogen) atoms. The molecule has 1 aromatic rings. The van der Waals surface area contributed by atoms with Crippen molar-refractivity contribution in [2.24, 2.45) is 0 Å². The average Bonchev–Trinajstić information content (AvgIpc) is 2.34. The van der Waals surface area contributed by atoms with Crippen LogP contribution < -0.4 is 10.4 Å². The maximum Gasteiger partial charge on any atom is 0.345 e. The van der Waals surface area contributed by atoms with Crippen LogP contribution in [0.3, 0.4) is 0 Å². The van der Waals surface area contributed by atoms with E-state index in [9.17, 15) is 14.7 Å². The molecule has 0 aliphatic rings. The smallest absolute Gasteiger partial charge is 0.345 e. The minimum Gasteiger partial charge on any atom is -0.508 e. The Morgan fingerprint density at radius 2 is 2.11 bits per heavy atom. The molecular formula is C12H16N2O5. The van der Waals surface area contributed by atoms with Gasteiger partial charge in [-0.25, -0.2) is 15.1 Å². The van der Waals surface area contributed by atoms with Crippen LogP contribution in [0.1, 0.15) is 12.5 Å². The van der Waals surface area contributed by atoms with Gasteiger partial charge in [0.1, 0.15) is 5.75 Å². The number of aromatic hydroxyl groups is 1. The van der Waals surface area contributed by atoms with Crippen LogP contribution in [-0.4, -0.2) is 35.4 Å². The molecule has 0 aliphatic carbocycles. The summed E-state index contributed by atoms with van der Waals surface area (Å²) < 4.78 is 0. The summed E-state index contributed by atoms with van der Waals surface area (Å²) in [6.07, 6.45) is 0. The Kier molecular flexibility index (Phi) is 5.13. The summed E-state index contributed by atoms with van der Waals surface area (Å²) in [5.74, 6) is -1.14. The molecule has 0 aliphatic heterocycles. The highest BCUT2D eigenvalue weighted by Gasteiger charge is 2.16. The van der Waals surface area contributed by atoms with Crippen LogP contribution >= 0.6 is 0 Å². The molecule has 0 bridgehead atoms. The summed E-state index contributed by atoms with van der Waals surface area (Å²) in [5, 5.41) is 17.8. The van der Waals surface area contributed by atoms with Gasteiger partial charge < -0.3 is 10.2 Å². The van der Waals surface area contributed by atoms with Gasteiger partial charge in [0.15, 0.2) is 6.61 Å². The van der Waals surface area contributed by atoms with Gasteiger partial charge in [0.05, 0.1) is 5.69 Å². The molecule has 0 atom stereocenters. The number of phenolic OH excluding ortho intramolecular Hbond substituents is 1. The Morgan fingerprint density at radius 1 is 1.42 bits per heavy atom. The molecule has 0 aromatic heterocycles. The zero-order valence-electron chi connectivity index (χ0n) is 10.7. The number of aryl methyl sites for hydroxylation is 1. The lowest BCUT2D eigenvalue weighted by molar-refractivity contribution is -0.143. The SMILES string of the molecule is CCN(C(=O)NOCC(=O)O)c1cc(O)ccc1C. The number of hydrogen-bond donors (Lipinski definition) is 3. The van der Waals surface area contributed by atoms with Gasteiger partial charge in [0.2, 0.25) is 0 Å². The van der Waals surface area contributed by atoms with Crippen molar-refractivity contribution in [1.29, 1.82) is 0 Å². The highest BCUT2D eigenvalue weighted by atomic mass is 16.7. The van der Waals surface area contributed by atoms with Crippen molar-refractivity contribution in [3.8, 4) is 5.75 Å². The van der Waals surface area contributed by atoms with Gasteiger partial charge in [0, 0.05) is 12.6 Å². The van der Waals surface area contributed by atoms with Crippen LogP contribution in [0.4, 0.5) is 10.5 Å². The number of hydroxylamine groups is 1. The van der Waals surface area contributed by atoms with E-state index in [4.69, 9.17) is 5.11 Å². The summed E-state index contributed by atoms with van der Waals surface area (Å²) >= 11 is 0. The second-order valence-electron chi connectivity index (χ2n) is 3.80. The lowest BCUT2D eigenvalue weighted by Crippen LogP contribution is -2.41. The summed E-state index contributed by atoms with van der Waals surface area (Å²) in [5.41, 5.74) is 3.36. The van der Waals surface area contributed by atoms with E-state index in [0.717, 1.165) is 5.56 Å². The summed E-state index contributed by atoms with van der Waals surface area (Å²) in [6.45, 7) is 3.26. The fraction of sp³-hybridized carbons (Fsp3) is 0.333. The Hall–Kier alpha value is -2.28. The van der Waals surface area contributed by atoms with Crippen molar-refractivity contribution in [2.75, 3.05) is 18.1 Å². The molecule has 7 nitrogen and oxygen atoms in total. The van der Waals surface area contributed by atoms with Crippen LogP contribution in [0.25, 0.3) is 0 Å². The number of nitrogens with zero attached hydrogens (tertiary/aromatic N) is 1. The minimum atomic E-state index is -1.18. The van der Waals surface area contributed by atoms with Crippen molar-refractivity contribution < 1.29 is 24.6 Å². The molecule has 1 rings (SSSR count). The zero-order valence-corrected chi connectivity index (χ0v) is 10.7. The summed E-state index contributed by atoms with van der Waals surface area (Å²) in [4.78, 5) is 28.0. The number of rotatable bonds is 5. The number of nitrogens with one attached hydrogen (secondary N) is 1. The van der Waals surface area contributed by atoms with Gasteiger partial charge in [-0.2, -0.15) is 0 Å². The second-order valence-corrected chi connectivity index (χ2v) is 3.80. The van der Waals surface area contributed by atoms with Crippen molar-refractivity contribution >= 4 is 17.7 Å². The van der Waals surface area contributed by atoms with Crippen molar-refractivity contribution in [3.05, 3.63) is 23.8 Å². The van der Waals surface area contributed by atoms with Crippen LogP contribution in [0, 0.1) is 6.92 Å². The molecule has 0 unspecified atom stereocenters. The van der Waals surface area contributed by atoms with Gasteiger partial charge in [-0.1, -0.05) is 6.07 Å². The fourth-order valence-electron chi connectivity index (χ4n) is 1.53. The molecule has 0 saturated heterocycles. The van der Waals surface area contributed by atoms with E-state index >= 15 is 0 Å². The van der Waals surface area contributed by atoms with Crippen molar-refractivity contribution in [3.63, 3.8) is 0 Å². The van der Waals surface area contributed by atoms with E-state index in [0.29, 0.717) is 12.2 Å². The number of carboxylic acid groups (broad SMARTS) is 1. The van der Waals surface area contributed by atoms with E-state index in [-0.39, 0.29) is 5.75 Å². The Morgan fingerprint density at radius 3 is 2.68 bits per heavy atom. The summed E-state index contributed by atoms with van der Waals surface area (Å²) in [7, 11) is 0. The molecule has 0 saturated carbocycles. The highest BCUT2D eigenvalue weighted by Crippen LogP contribution is 2.24. The Bertz CT molecular complexity index is 475. The van der Waals surface area contributed by atoms with E-state index in [2.05, 4.69) is 4.84 Å². The standard InChI is InChI=1S/C12H16N2O5/c1-3-14(12(18)13-19-7-11(16)17)10-6-9(15)5-4-8(10)2/h4-6,15H,3,7H2,1-2H3,(H,13,18)(H,16,17). The first kappa shape index (κ1) is 14.8. The molecule has 104 valence electrons. The number of carboxylic acids is 1. The second kappa shape index (κ2) is 6.60. The number of carbonyl (C=O) groups is 2. The number of benzene rings is 1. The van der Waals surface area contributed by atoms with Gasteiger partial charge in [0.25, 0.3) is 0 Å². The molecule has 0 heterocycles. The minimum absolute atomic E-state index is 0.0401. The van der Waals surface area contributed by atoms with Gasteiger partial charge in [-0.15, -0.1) is 0 Å². The highest BCUT2D eigenvalue weighted by molar-refractivity contribution is 5.92. The zero-order chi connectivity index (χ0) is 14.4. The van der Waals surface area contributed by atoms with Gasteiger partial charge in [-0.05, 0) is 25.5 Å². The number of phenols is 1. The quantitative estimate of drug-likeness (QED) is 0.698. The summed E-state index contributed by atoms with van der Waals surface area (Å²) in [6, 6.07) is 4.05. The topological polar surface area (TPSA) is 99.1 Å². The number of aliphatic carboxylic acids is 1. The Balaban J connectivity index is 2.79.